The molecule has 0 spiro atoms. The lowest BCUT2D eigenvalue weighted by Crippen LogP contribution is -2.41. The summed E-state index contributed by atoms with van der Waals surface area (Å²) in [4.78, 5) is 21.3. The predicted molar refractivity (Wildman–Crippen MR) is 103 cm³/mol. The molecule has 30 heavy (non-hydrogen) atoms. The Morgan fingerprint density at radius 3 is 2.57 bits per heavy atom. The van der Waals surface area contributed by atoms with Gasteiger partial charge in [0.1, 0.15) is 24.4 Å². The molecule has 1 aromatic carbocycles. The molecule has 10 heteroatoms. The number of hydrogen-bond donors (Lipinski definition) is 1. The summed E-state index contributed by atoms with van der Waals surface area (Å²) in [6.07, 6.45) is -2.53. The SMILES string of the molecule is COc1ccccc1OCCNC(=O)C1CCN(c2cc(C(F)(F)F)ncn2)CC1. The van der Waals surface area contributed by atoms with E-state index in [2.05, 4.69) is 15.3 Å². The number of para-hydroxylation sites is 2. The van der Waals surface area contributed by atoms with Crippen LogP contribution in [0.4, 0.5) is 19.0 Å². The first-order chi connectivity index (χ1) is 14.4. The molecule has 0 aliphatic carbocycles. The molecule has 7 nitrogen and oxygen atoms in total. The minimum Gasteiger partial charge on any atom is -0.493 e. The van der Waals surface area contributed by atoms with Gasteiger partial charge in [0.05, 0.1) is 13.7 Å². The van der Waals surface area contributed by atoms with Crippen LogP contribution in [-0.2, 0) is 11.0 Å². The van der Waals surface area contributed by atoms with E-state index in [1.807, 2.05) is 12.1 Å². The number of carbonyl (C=O) groups excluding carboxylic acids is 1. The van der Waals surface area contributed by atoms with Crippen LogP contribution in [0.5, 0.6) is 11.5 Å². The van der Waals surface area contributed by atoms with Crippen molar-refractivity contribution < 1.29 is 27.4 Å². The van der Waals surface area contributed by atoms with Crippen molar-refractivity contribution in [3.8, 4) is 11.5 Å². The minimum atomic E-state index is -4.51. The van der Waals surface area contributed by atoms with Gasteiger partial charge in [0.25, 0.3) is 0 Å². The Hall–Kier alpha value is -3.04. The third kappa shape index (κ3) is 5.52. The van der Waals surface area contributed by atoms with Gasteiger partial charge < -0.3 is 19.7 Å². The lowest BCUT2D eigenvalue weighted by molar-refractivity contribution is -0.141. The maximum atomic E-state index is 12.8. The topological polar surface area (TPSA) is 76.6 Å². The molecular weight excluding hydrogens is 401 g/mol. The fourth-order valence-corrected chi connectivity index (χ4v) is 3.26. The lowest BCUT2D eigenvalue weighted by atomic mass is 9.96. The first-order valence-electron chi connectivity index (χ1n) is 9.56. The number of halogens is 3. The summed E-state index contributed by atoms with van der Waals surface area (Å²) in [5, 5.41) is 2.85. The van der Waals surface area contributed by atoms with E-state index in [1.54, 1.807) is 24.1 Å². The standard InChI is InChI=1S/C20H23F3N4O3/c1-29-15-4-2-3-5-16(15)30-11-8-24-19(28)14-6-9-27(10-7-14)18-12-17(20(21,22)23)25-13-26-18/h2-5,12-14H,6-11H2,1H3,(H,24,28). The minimum absolute atomic E-state index is 0.0862. The zero-order valence-electron chi connectivity index (χ0n) is 16.5. The summed E-state index contributed by atoms with van der Waals surface area (Å²) < 4.78 is 49.3. The van der Waals surface area contributed by atoms with Crippen molar-refractivity contribution in [2.45, 2.75) is 19.0 Å². The molecule has 2 aromatic rings. The average molecular weight is 424 g/mol. The average Bonchev–Trinajstić information content (AvgIpc) is 2.76. The van der Waals surface area contributed by atoms with E-state index in [1.165, 1.54) is 0 Å². The number of piperidine rings is 1. The second kappa shape index (κ2) is 9.64. The fraction of sp³-hybridized carbons (Fsp3) is 0.450. The van der Waals surface area contributed by atoms with Crippen molar-refractivity contribution in [3.05, 3.63) is 42.4 Å². The highest BCUT2D eigenvalue weighted by Gasteiger charge is 2.34. The largest absolute Gasteiger partial charge is 0.493 e. The second-order valence-corrected chi connectivity index (χ2v) is 6.81. The van der Waals surface area contributed by atoms with Gasteiger partial charge in [-0.05, 0) is 25.0 Å². The molecule has 1 amide bonds. The van der Waals surface area contributed by atoms with Gasteiger partial charge in [-0.15, -0.1) is 0 Å². The molecule has 1 aromatic heterocycles. The van der Waals surface area contributed by atoms with Gasteiger partial charge in [0, 0.05) is 25.1 Å². The smallest absolute Gasteiger partial charge is 0.433 e. The van der Waals surface area contributed by atoms with Crippen molar-refractivity contribution >= 4 is 11.7 Å². The number of nitrogens with one attached hydrogen (secondary N) is 1. The molecule has 0 bridgehead atoms. The summed E-state index contributed by atoms with van der Waals surface area (Å²) in [7, 11) is 1.56. The highest BCUT2D eigenvalue weighted by atomic mass is 19.4. The maximum absolute atomic E-state index is 12.8. The molecule has 1 aliphatic rings. The number of carbonyl (C=O) groups is 1. The van der Waals surface area contributed by atoms with E-state index >= 15 is 0 Å². The third-order valence-corrected chi connectivity index (χ3v) is 4.86. The van der Waals surface area contributed by atoms with Crippen molar-refractivity contribution in [2.75, 3.05) is 38.3 Å². The summed E-state index contributed by atoms with van der Waals surface area (Å²) in [5.41, 5.74) is -0.970. The van der Waals surface area contributed by atoms with Crippen LogP contribution in [0, 0.1) is 5.92 Å². The number of alkyl halides is 3. The van der Waals surface area contributed by atoms with Crippen LogP contribution in [0.25, 0.3) is 0 Å². The lowest BCUT2D eigenvalue weighted by Gasteiger charge is -2.32. The number of aromatic nitrogens is 2. The van der Waals surface area contributed by atoms with Crippen LogP contribution in [0.2, 0.25) is 0 Å². The Balaban J connectivity index is 1.43. The quantitative estimate of drug-likeness (QED) is 0.689. The number of nitrogens with zero attached hydrogens (tertiary/aromatic N) is 3. The Morgan fingerprint density at radius 1 is 1.20 bits per heavy atom. The van der Waals surface area contributed by atoms with Gasteiger partial charge in [-0.2, -0.15) is 13.2 Å². The summed E-state index contributed by atoms with van der Waals surface area (Å²) in [6.45, 7) is 1.54. The molecule has 1 fully saturated rings. The van der Waals surface area contributed by atoms with E-state index in [9.17, 15) is 18.0 Å². The highest BCUT2D eigenvalue weighted by Crippen LogP contribution is 2.30. The first-order valence-corrected chi connectivity index (χ1v) is 9.56. The molecule has 3 rings (SSSR count). The van der Waals surface area contributed by atoms with E-state index < -0.39 is 11.9 Å². The Kier molecular flexibility index (Phi) is 6.96. The van der Waals surface area contributed by atoms with Crippen LogP contribution in [0.15, 0.2) is 36.7 Å². The van der Waals surface area contributed by atoms with Gasteiger partial charge in [0.15, 0.2) is 11.5 Å². The number of amides is 1. The molecule has 2 heterocycles. The van der Waals surface area contributed by atoms with E-state index in [0.29, 0.717) is 50.6 Å². The molecule has 0 unspecified atom stereocenters. The normalized spacial score (nSPS) is 15.0. The first kappa shape index (κ1) is 21.7. The molecule has 1 aliphatic heterocycles. The molecule has 1 N–H and O–H groups in total. The number of methoxy groups -OCH3 is 1. The van der Waals surface area contributed by atoms with Crippen molar-refractivity contribution in [1.29, 1.82) is 0 Å². The zero-order chi connectivity index (χ0) is 21.6. The Morgan fingerprint density at radius 2 is 1.90 bits per heavy atom. The molecule has 0 saturated carbocycles. The van der Waals surface area contributed by atoms with Crippen LogP contribution >= 0.6 is 0 Å². The van der Waals surface area contributed by atoms with E-state index in [-0.39, 0.29) is 17.6 Å². The fourth-order valence-electron chi connectivity index (χ4n) is 3.26. The maximum Gasteiger partial charge on any atom is 0.433 e. The van der Waals surface area contributed by atoms with Crippen LogP contribution in [0.3, 0.4) is 0 Å². The van der Waals surface area contributed by atoms with Crippen molar-refractivity contribution in [2.24, 2.45) is 5.92 Å². The second-order valence-electron chi connectivity index (χ2n) is 6.81. The number of ether oxygens (including phenoxy) is 2. The molecule has 1 saturated heterocycles. The Labute approximate surface area is 172 Å². The van der Waals surface area contributed by atoms with Crippen molar-refractivity contribution in [1.82, 2.24) is 15.3 Å². The van der Waals surface area contributed by atoms with Gasteiger partial charge in [0.2, 0.25) is 5.91 Å². The zero-order valence-corrected chi connectivity index (χ0v) is 16.5. The summed E-state index contributed by atoms with van der Waals surface area (Å²) >= 11 is 0. The van der Waals surface area contributed by atoms with Gasteiger partial charge in [-0.25, -0.2) is 9.97 Å². The molecule has 0 radical (unpaired) electrons. The van der Waals surface area contributed by atoms with Crippen molar-refractivity contribution in [3.63, 3.8) is 0 Å². The van der Waals surface area contributed by atoms with Crippen LogP contribution in [0.1, 0.15) is 18.5 Å². The monoisotopic (exact) mass is 424 g/mol. The number of benzene rings is 1. The van der Waals surface area contributed by atoms with E-state index in [0.717, 1.165) is 12.4 Å². The van der Waals surface area contributed by atoms with Gasteiger partial charge in [-0.1, -0.05) is 12.1 Å². The predicted octanol–water partition coefficient (Wildman–Crippen LogP) is 2.92. The third-order valence-electron chi connectivity index (χ3n) is 4.86. The van der Waals surface area contributed by atoms with Crippen LogP contribution in [-0.4, -0.2) is 49.2 Å². The Bertz CT molecular complexity index is 855. The van der Waals surface area contributed by atoms with E-state index in [4.69, 9.17) is 9.47 Å². The number of hydrogen-bond acceptors (Lipinski definition) is 6. The number of rotatable bonds is 7. The highest BCUT2D eigenvalue weighted by molar-refractivity contribution is 5.78. The summed E-state index contributed by atoms with van der Waals surface area (Å²) in [6, 6.07) is 8.19. The van der Waals surface area contributed by atoms with Gasteiger partial charge in [-0.3, -0.25) is 4.79 Å². The number of anilines is 1. The summed E-state index contributed by atoms with van der Waals surface area (Å²) in [5.74, 6) is 1.16. The van der Waals surface area contributed by atoms with Crippen LogP contribution < -0.4 is 19.7 Å². The van der Waals surface area contributed by atoms with Gasteiger partial charge >= 0.3 is 6.18 Å². The molecule has 0 atom stereocenters. The molecule has 162 valence electrons. The molecular formula is C20H23F3N4O3.